The monoisotopic (exact) mass is 200 g/mol. The van der Waals surface area contributed by atoms with Crippen molar-refractivity contribution in [3.63, 3.8) is 0 Å². The van der Waals surface area contributed by atoms with Crippen LogP contribution in [0.5, 0.6) is 5.75 Å². The molecule has 0 N–H and O–H groups in total. The van der Waals surface area contributed by atoms with Crippen LogP contribution < -0.4 is 4.74 Å². The van der Waals surface area contributed by atoms with E-state index in [1.807, 2.05) is 19.1 Å². The smallest absolute Gasteiger partial charge is 0.144 e. The summed E-state index contributed by atoms with van der Waals surface area (Å²) in [4.78, 5) is 0. The van der Waals surface area contributed by atoms with E-state index in [2.05, 4.69) is 0 Å². The van der Waals surface area contributed by atoms with E-state index in [1.54, 1.807) is 13.2 Å². The number of hydrogen-bond donors (Lipinski definition) is 1. The standard InChI is InChI=1S/C9H12O3S/c1-7-3-4-9(12-2)5-8(7)6-13(10)11/h3-5,13H,6H2,1-2H3. The molecule has 0 amide bonds. The molecule has 0 aromatic heterocycles. The highest BCUT2D eigenvalue weighted by atomic mass is 32.2. The third-order valence-corrected chi connectivity index (χ3v) is 2.45. The van der Waals surface area contributed by atoms with Gasteiger partial charge in [-0.1, -0.05) is 6.07 Å². The zero-order valence-corrected chi connectivity index (χ0v) is 8.51. The van der Waals surface area contributed by atoms with Gasteiger partial charge in [-0.15, -0.1) is 0 Å². The lowest BCUT2D eigenvalue weighted by Crippen LogP contribution is -1.92. The average molecular weight is 200 g/mol. The third-order valence-electron chi connectivity index (χ3n) is 1.86. The molecule has 13 heavy (non-hydrogen) atoms. The van der Waals surface area contributed by atoms with E-state index in [0.717, 1.165) is 11.1 Å². The molecular formula is C9H12O3S. The summed E-state index contributed by atoms with van der Waals surface area (Å²) >= 11 is 0. The summed E-state index contributed by atoms with van der Waals surface area (Å²) < 4.78 is 26.0. The summed E-state index contributed by atoms with van der Waals surface area (Å²) in [5.41, 5.74) is 1.77. The minimum absolute atomic E-state index is 0.0817. The van der Waals surface area contributed by atoms with Crippen LogP contribution >= 0.6 is 0 Å². The van der Waals surface area contributed by atoms with Crippen LogP contribution in [0.1, 0.15) is 11.1 Å². The first kappa shape index (κ1) is 10.1. The van der Waals surface area contributed by atoms with Crippen molar-refractivity contribution in [2.45, 2.75) is 12.7 Å². The molecule has 4 heteroatoms. The first-order valence-electron chi connectivity index (χ1n) is 3.89. The van der Waals surface area contributed by atoms with Gasteiger partial charge in [-0.25, -0.2) is 8.42 Å². The molecule has 0 saturated heterocycles. The molecule has 0 unspecified atom stereocenters. The molecule has 0 spiro atoms. The normalized spacial score (nSPS) is 10.4. The van der Waals surface area contributed by atoms with Crippen LogP contribution in [0.3, 0.4) is 0 Å². The maximum absolute atomic E-state index is 10.5. The molecule has 0 aliphatic carbocycles. The molecule has 0 fully saturated rings. The topological polar surface area (TPSA) is 43.4 Å². The highest BCUT2D eigenvalue weighted by molar-refractivity contribution is 7.71. The van der Waals surface area contributed by atoms with Gasteiger partial charge in [0.05, 0.1) is 12.9 Å². The van der Waals surface area contributed by atoms with Crippen molar-refractivity contribution in [2.24, 2.45) is 0 Å². The van der Waals surface area contributed by atoms with Crippen molar-refractivity contribution >= 4 is 10.7 Å². The molecule has 0 radical (unpaired) electrons. The van der Waals surface area contributed by atoms with Crippen molar-refractivity contribution in [1.29, 1.82) is 0 Å². The van der Waals surface area contributed by atoms with Gasteiger partial charge in [-0.2, -0.15) is 0 Å². The molecular weight excluding hydrogens is 188 g/mol. The Balaban J connectivity index is 3.03. The van der Waals surface area contributed by atoms with E-state index in [9.17, 15) is 8.42 Å². The molecule has 0 heterocycles. The first-order valence-corrected chi connectivity index (χ1v) is 5.25. The number of rotatable bonds is 3. The summed E-state index contributed by atoms with van der Waals surface area (Å²) in [6.07, 6.45) is 0. The largest absolute Gasteiger partial charge is 0.497 e. The summed E-state index contributed by atoms with van der Waals surface area (Å²) in [5, 5.41) is 0. The molecule has 0 bridgehead atoms. The van der Waals surface area contributed by atoms with Crippen LogP contribution in [-0.2, 0) is 16.5 Å². The minimum Gasteiger partial charge on any atom is -0.497 e. The van der Waals surface area contributed by atoms with Crippen LogP contribution in [0.25, 0.3) is 0 Å². The Hall–Kier alpha value is -1.03. The van der Waals surface area contributed by atoms with Crippen LogP contribution in [0.4, 0.5) is 0 Å². The maximum atomic E-state index is 10.5. The van der Waals surface area contributed by atoms with Gasteiger partial charge in [0.25, 0.3) is 0 Å². The highest BCUT2D eigenvalue weighted by Gasteiger charge is 2.01. The molecule has 0 aliphatic rings. The van der Waals surface area contributed by atoms with E-state index >= 15 is 0 Å². The molecule has 0 aliphatic heterocycles. The van der Waals surface area contributed by atoms with E-state index in [4.69, 9.17) is 4.74 Å². The van der Waals surface area contributed by atoms with Gasteiger partial charge >= 0.3 is 0 Å². The van der Waals surface area contributed by atoms with Crippen molar-refractivity contribution in [3.05, 3.63) is 29.3 Å². The second-order valence-corrected chi connectivity index (χ2v) is 3.76. The highest BCUT2D eigenvalue weighted by Crippen LogP contribution is 2.17. The Labute approximate surface area is 79.3 Å². The lowest BCUT2D eigenvalue weighted by atomic mass is 10.1. The number of aryl methyl sites for hydroxylation is 1. The minimum atomic E-state index is -2.37. The van der Waals surface area contributed by atoms with Gasteiger partial charge < -0.3 is 4.74 Å². The van der Waals surface area contributed by atoms with Crippen molar-refractivity contribution < 1.29 is 13.2 Å². The zero-order valence-electron chi connectivity index (χ0n) is 7.61. The van der Waals surface area contributed by atoms with Gasteiger partial charge in [0.15, 0.2) is 0 Å². The summed E-state index contributed by atoms with van der Waals surface area (Å²) in [5.74, 6) is 0.774. The number of hydrogen-bond acceptors (Lipinski definition) is 3. The van der Waals surface area contributed by atoms with E-state index < -0.39 is 10.7 Å². The van der Waals surface area contributed by atoms with Crippen molar-refractivity contribution in [1.82, 2.24) is 0 Å². The van der Waals surface area contributed by atoms with Gasteiger partial charge in [0, 0.05) is 0 Å². The molecule has 1 aromatic rings. The number of methoxy groups -OCH3 is 1. The summed E-state index contributed by atoms with van der Waals surface area (Å²) in [6.45, 7) is 1.88. The Morgan fingerprint density at radius 2 is 2.08 bits per heavy atom. The molecule has 3 nitrogen and oxygen atoms in total. The maximum Gasteiger partial charge on any atom is 0.144 e. The summed E-state index contributed by atoms with van der Waals surface area (Å²) in [7, 11) is -0.805. The van der Waals surface area contributed by atoms with Gasteiger partial charge in [0.2, 0.25) is 0 Å². The fourth-order valence-corrected chi connectivity index (χ4v) is 1.70. The third kappa shape index (κ3) is 2.73. The van der Waals surface area contributed by atoms with Crippen LogP contribution in [-0.4, -0.2) is 15.5 Å². The van der Waals surface area contributed by atoms with E-state index in [0.29, 0.717) is 5.75 Å². The fraction of sp³-hybridized carbons (Fsp3) is 0.333. The molecule has 1 aromatic carbocycles. The lowest BCUT2D eigenvalue weighted by molar-refractivity contribution is 0.414. The quantitative estimate of drug-likeness (QED) is 0.743. The van der Waals surface area contributed by atoms with E-state index in [-0.39, 0.29) is 5.75 Å². The second kappa shape index (κ2) is 4.28. The predicted molar refractivity (Wildman–Crippen MR) is 51.7 cm³/mol. The number of thiol groups is 1. The Kier molecular flexibility index (Phi) is 3.31. The van der Waals surface area contributed by atoms with Crippen LogP contribution in [0.2, 0.25) is 0 Å². The lowest BCUT2D eigenvalue weighted by Gasteiger charge is -2.04. The summed E-state index contributed by atoms with van der Waals surface area (Å²) in [6, 6.07) is 5.42. The zero-order chi connectivity index (χ0) is 9.84. The fourth-order valence-electron chi connectivity index (χ4n) is 1.08. The van der Waals surface area contributed by atoms with Gasteiger partial charge in [0.1, 0.15) is 16.5 Å². The van der Waals surface area contributed by atoms with Crippen molar-refractivity contribution in [3.8, 4) is 5.75 Å². The molecule has 1 rings (SSSR count). The SMILES string of the molecule is COc1ccc(C)c(C[SH](=O)=O)c1. The Bertz CT molecular complexity index is 361. The van der Waals surface area contributed by atoms with E-state index in [1.165, 1.54) is 0 Å². The number of ether oxygens (including phenoxy) is 1. The first-order chi connectivity index (χ1) is 6.13. The van der Waals surface area contributed by atoms with Crippen molar-refractivity contribution in [2.75, 3.05) is 7.11 Å². The second-order valence-electron chi connectivity index (χ2n) is 2.78. The Morgan fingerprint density at radius 1 is 1.38 bits per heavy atom. The van der Waals surface area contributed by atoms with Gasteiger partial charge in [-0.05, 0) is 30.2 Å². The molecule has 0 atom stereocenters. The molecule has 72 valence electrons. The predicted octanol–water partition coefficient (Wildman–Crippen LogP) is 1.12. The molecule has 0 saturated carbocycles. The van der Waals surface area contributed by atoms with Crippen LogP contribution in [0.15, 0.2) is 18.2 Å². The average Bonchev–Trinajstić information content (AvgIpc) is 2.08. The van der Waals surface area contributed by atoms with Gasteiger partial charge in [-0.3, -0.25) is 0 Å². The number of benzene rings is 1. The Morgan fingerprint density at radius 3 is 2.62 bits per heavy atom. The van der Waals surface area contributed by atoms with Crippen LogP contribution in [0, 0.1) is 6.92 Å².